The van der Waals surface area contributed by atoms with Crippen LogP contribution in [0.15, 0.2) is 42.5 Å². The molecule has 4 heteroatoms. The highest BCUT2D eigenvalue weighted by atomic mass is 16.5. The van der Waals surface area contributed by atoms with Gasteiger partial charge in [0, 0.05) is 28.9 Å². The van der Waals surface area contributed by atoms with Gasteiger partial charge in [0.1, 0.15) is 0 Å². The Kier molecular flexibility index (Phi) is 4.35. The molecule has 0 aliphatic rings. The van der Waals surface area contributed by atoms with Gasteiger partial charge in [0.25, 0.3) is 0 Å². The molecule has 0 saturated carbocycles. The lowest BCUT2D eigenvalue weighted by Gasteiger charge is -2.04. The Morgan fingerprint density at radius 3 is 2.71 bits per heavy atom. The number of benzene rings is 2. The number of para-hydroxylation sites is 1. The zero-order valence-electron chi connectivity index (χ0n) is 13.7. The normalized spacial score (nSPS) is 11.2. The minimum Gasteiger partial charge on any atom is -0.463 e. The molecule has 0 aliphatic heterocycles. The van der Waals surface area contributed by atoms with E-state index in [4.69, 9.17) is 4.74 Å². The third kappa shape index (κ3) is 2.65. The van der Waals surface area contributed by atoms with Crippen LogP contribution in [0.4, 0.5) is 0 Å². The van der Waals surface area contributed by atoms with Crippen LogP contribution in [0.2, 0.25) is 0 Å². The second-order valence-electron chi connectivity index (χ2n) is 5.42. The summed E-state index contributed by atoms with van der Waals surface area (Å²) in [6.07, 6.45) is 3.01. The van der Waals surface area contributed by atoms with Crippen LogP contribution in [-0.2, 0) is 16.1 Å². The molecule has 0 N–H and O–H groups in total. The summed E-state index contributed by atoms with van der Waals surface area (Å²) in [5.41, 5.74) is 3.44. The molecule has 0 spiro atoms. The molecule has 0 fully saturated rings. The molecule has 1 aromatic heterocycles. The Bertz CT molecular complexity index is 990. The highest BCUT2D eigenvalue weighted by molar-refractivity contribution is 6.09. The van der Waals surface area contributed by atoms with E-state index in [1.165, 1.54) is 6.08 Å². The van der Waals surface area contributed by atoms with E-state index in [1.807, 2.05) is 24.3 Å². The van der Waals surface area contributed by atoms with Crippen LogP contribution in [-0.4, -0.2) is 17.1 Å². The lowest BCUT2D eigenvalue weighted by Crippen LogP contribution is -1.99. The van der Waals surface area contributed by atoms with Crippen LogP contribution in [0.25, 0.3) is 27.9 Å². The second-order valence-corrected chi connectivity index (χ2v) is 5.42. The molecular weight excluding hydrogens is 300 g/mol. The Labute approximate surface area is 140 Å². The van der Waals surface area contributed by atoms with Gasteiger partial charge in [0.15, 0.2) is 0 Å². The molecule has 3 aromatic rings. The molecule has 2 aromatic carbocycles. The molecule has 24 heavy (non-hydrogen) atoms. The molecule has 1 heterocycles. The molecule has 0 radical (unpaired) electrons. The summed E-state index contributed by atoms with van der Waals surface area (Å²) < 4.78 is 7.10. The maximum absolute atomic E-state index is 11.5. The Morgan fingerprint density at radius 2 is 2.00 bits per heavy atom. The van der Waals surface area contributed by atoms with E-state index >= 15 is 0 Å². The van der Waals surface area contributed by atoms with Gasteiger partial charge in [0.05, 0.1) is 23.8 Å². The summed E-state index contributed by atoms with van der Waals surface area (Å²) in [5.74, 6) is -0.405. The van der Waals surface area contributed by atoms with Crippen LogP contribution in [0, 0.1) is 11.3 Å². The molecule has 4 nitrogen and oxygen atoms in total. The summed E-state index contributed by atoms with van der Waals surface area (Å²) in [6.45, 7) is 5.01. The first-order valence-electron chi connectivity index (χ1n) is 7.99. The predicted molar refractivity (Wildman–Crippen MR) is 95.5 cm³/mol. The Balaban J connectivity index is 2.23. The summed E-state index contributed by atoms with van der Waals surface area (Å²) in [4.78, 5) is 11.5. The molecule has 120 valence electrons. The summed E-state index contributed by atoms with van der Waals surface area (Å²) in [5, 5.41) is 11.7. The zero-order chi connectivity index (χ0) is 17.1. The number of carbonyl (C=O) groups excluding carboxylic acids is 1. The van der Waals surface area contributed by atoms with Crippen LogP contribution >= 0.6 is 0 Å². The molecule has 0 atom stereocenters. The van der Waals surface area contributed by atoms with Crippen molar-refractivity contribution in [3.8, 4) is 6.07 Å². The molecular formula is C20H18N2O2. The molecule has 0 aliphatic carbocycles. The minimum absolute atomic E-state index is 0.331. The van der Waals surface area contributed by atoms with Gasteiger partial charge >= 0.3 is 5.97 Å². The fraction of sp³-hybridized carbons (Fsp3) is 0.200. The number of ether oxygens (including phenoxy) is 1. The fourth-order valence-corrected chi connectivity index (χ4v) is 3.03. The van der Waals surface area contributed by atoms with Crippen molar-refractivity contribution in [2.24, 2.45) is 0 Å². The van der Waals surface area contributed by atoms with Gasteiger partial charge < -0.3 is 9.30 Å². The quantitative estimate of drug-likeness (QED) is 0.533. The minimum atomic E-state index is -0.405. The first-order chi connectivity index (χ1) is 11.7. The second kappa shape index (κ2) is 6.59. The fourth-order valence-electron chi connectivity index (χ4n) is 3.03. The third-order valence-corrected chi connectivity index (χ3v) is 4.07. The summed E-state index contributed by atoms with van der Waals surface area (Å²) in [6, 6.07) is 14.3. The lowest BCUT2D eigenvalue weighted by molar-refractivity contribution is -0.137. The topological polar surface area (TPSA) is 55.0 Å². The maximum atomic E-state index is 11.5. The van der Waals surface area contributed by atoms with Gasteiger partial charge in [-0.05, 0) is 43.7 Å². The first-order valence-corrected chi connectivity index (χ1v) is 7.99. The molecule has 0 unspecified atom stereocenters. The number of rotatable bonds is 4. The van der Waals surface area contributed by atoms with Gasteiger partial charge in [0.2, 0.25) is 0 Å². The monoisotopic (exact) mass is 318 g/mol. The van der Waals surface area contributed by atoms with E-state index in [0.717, 1.165) is 33.9 Å². The maximum Gasteiger partial charge on any atom is 0.330 e. The van der Waals surface area contributed by atoms with Crippen molar-refractivity contribution in [3.63, 3.8) is 0 Å². The highest BCUT2D eigenvalue weighted by Crippen LogP contribution is 2.31. The number of fused-ring (bicyclic) bond motifs is 3. The average Bonchev–Trinajstić information content (AvgIpc) is 2.92. The van der Waals surface area contributed by atoms with Crippen molar-refractivity contribution >= 4 is 33.9 Å². The molecule has 0 amide bonds. The van der Waals surface area contributed by atoms with Crippen molar-refractivity contribution in [1.82, 2.24) is 4.57 Å². The van der Waals surface area contributed by atoms with Gasteiger partial charge in [-0.15, -0.1) is 0 Å². The highest BCUT2D eigenvalue weighted by Gasteiger charge is 2.12. The van der Waals surface area contributed by atoms with Gasteiger partial charge in [-0.25, -0.2) is 4.79 Å². The lowest BCUT2D eigenvalue weighted by atomic mass is 10.0. The average molecular weight is 318 g/mol. The number of esters is 1. The number of aromatic nitrogens is 1. The van der Waals surface area contributed by atoms with Gasteiger partial charge in [-0.2, -0.15) is 5.26 Å². The van der Waals surface area contributed by atoms with Crippen LogP contribution in [0.5, 0.6) is 0 Å². The van der Waals surface area contributed by atoms with E-state index in [2.05, 4.69) is 29.7 Å². The van der Waals surface area contributed by atoms with Crippen LogP contribution in [0.3, 0.4) is 0 Å². The Morgan fingerprint density at radius 1 is 1.21 bits per heavy atom. The van der Waals surface area contributed by atoms with E-state index in [-0.39, 0.29) is 0 Å². The van der Waals surface area contributed by atoms with Crippen molar-refractivity contribution in [1.29, 1.82) is 5.26 Å². The first kappa shape index (κ1) is 15.8. The Hall–Kier alpha value is -3.06. The largest absolute Gasteiger partial charge is 0.463 e. The van der Waals surface area contributed by atoms with E-state index < -0.39 is 5.97 Å². The van der Waals surface area contributed by atoms with E-state index in [0.29, 0.717) is 12.2 Å². The number of hydrogen-bond donors (Lipinski definition) is 0. The van der Waals surface area contributed by atoms with Crippen molar-refractivity contribution in [2.45, 2.75) is 20.4 Å². The number of aryl methyl sites for hydroxylation is 1. The zero-order valence-corrected chi connectivity index (χ0v) is 13.7. The molecule has 3 rings (SSSR count). The summed E-state index contributed by atoms with van der Waals surface area (Å²) in [7, 11) is 0. The number of nitrogens with zero attached hydrogens (tertiary/aromatic N) is 2. The van der Waals surface area contributed by atoms with Crippen LogP contribution in [0.1, 0.15) is 25.0 Å². The number of hydrogen-bond acceptors (Lipinski definition) is 3. The van der Waals surface area contributed by atoms with Gasteiger partial charge in [-0.3, -0.25) is 0 Å². The van der Waals surface area contributed by atoms with Crippen LogP contribution < -0.4 is 0 Å². The third-order valence-electron chi connectivity index (χ3n) is 4.07. The molecule has 0 bridgehead atoms. The standard InChI is InChI=1S/C20H18N2O2/c1-3-22-18-8-6-5-7-16(18)17-11-14(9-10-20(23)24-4-2)15(13-21)12-19(17)22/h5-12H,3-4H2,1-2H3/b10-9-. The number of carbonyl (C=O) groups is 1. The van der Waals surface area contributed by atoms with E-state index in [9.17, 15) is 10.1 Å². The van der Waals surface area contributed by atoms with Crippen molar-refractivity contribution in [2.75, 3.05) is 6.61 Å². The molecule has 0 saturated heterocycles. The van der Waals surface area contributed by atoms with Crippen molar-refractivity contribution < 1.29 is 9.53 Å². The predicted octanol–water partition coefficient (Wildman–Crippen LogP) is 4.26. The van der Waals surface area contributed by atoms with E-state index in [1.54, 1.807) is 13.0 Å². The van der Waals surface area contributed by atoms with Gasteiger partial charge in [-0.1, -0.05) is 18.2 Å². The van der Waals surface area contributed by atoms with Crippen molar-refractivity contribution in [3.05, 3.63) is 53.6 Å². The SMILES string of the molecule is CCOC(=O)/C=C\c1cc2c3ccccc3n(CC)c2cc1C#N. The summed E-state index contributed by atoms with van der Waals surface area (Å²) >= 11 is 0. The smallest absolute Gasteiger partial charge is 0.330 e. The number of nitriles is 1.